The number of alkyl halides is 2. The normalized spacial score (nSPS) is 10.7. The van der Waals surface area contributed by atoms with Crippen molar-refractivity contribution in [1.82, 2.24) is 0 Å². The molecule has 3 heteroatoms. The van der Waals surface area contributed by atoms with E-state index in [0.29, 0.717) is 0 Å². The van der Waals surface area contributed by atoms with E-state index in [0.717, 1.165) is 12.0 Å². The van der Waals surface area contributed by atoms with Crippen LogP contribution in [0.5, 0.6) is 0 Å². The Morgan fingerprint density at radius 1 is 1.46 bits per heavy atom. The van der Waals surface area contributed by atoms with E-state index in [1.807, 2.05) is 18.2 Å². The molecule has 0 atom stereocenters. The van der Waals surface area contributed by atoms with Crippen LogP contribution in [0.3, 0.4) is 0 Å². The van der Waals surface area contributed by atoms with Gasteiger partial charge in [-0.1, -0.05) is 0 Å². The van der Waals surface area contributed by atoms with Crippen LogP contribution in [0.25, 0.3) is 0 Å². The van der Waals surface area contributed by atoms with E-state index in [2.05, 4.69) is 35.7 Å². The summed E-state index contributed by atoms with van der Waals surface area (Å²) in [4.78, 5) is 2.35. The van der Waals surface area contributed by atoms with E-state index in [-0.39, 0.29) is 0 Å². The Balaban J connectivity index is 2.71. The zero-order valence-electron chi connectivity index (χ0n) is 7.43. The molecule has 1 rings (SSSR count). The van der Waals surface area contributed by atoms with Gasteiger partial charge in [-0.15, -0.1) is 0 Å². The van der Waals surface area contributed by atoms with Crippen molar-refractivity contribution in [1.29, 1.82) is 5.26 Å². The average molecular weight is 399 g/mol. The fourth-order valence-electron chi connectivity index (χ4n) is 1.08. The fraction of sp³-hybridized carbons (Fsp3) is 0.300. The van der Waals surface area contributed by atoms with Gasteiger partial charge in [-0.05, 0) is 0 Å². The van der Waals surface area contributed by atoms with Gasteiger partial charge in [-0.25, -0.2) is 0 Å². The topological polar surface area (TPSA) is 23.8 Å². The number of hydrogen-bond donors (Lipinski definition) is 0. The molecular weight excluding hydrogens is 388 g/mol. The molecule has 0 fully saturated rings. The Bertz CT molecular complexity index is 315. The van der Waals surface area contributed by atoms with Crippen molar-refractivity contribution in [3.8, 4) is 6.07 Å². The molecule has 0 saturated carbocycles. The summed E-state index contributed by atoms with van der Waals surface area (Å²) in [6.45, 7) is 0. The van der Waals surface area contributed by atoms with Gasteiger partial charge in [0.15, 0.2) is 0 Å². The van der Waals surface area contributed by atoms with Gasteiger partial charge in [0.25, 0.3) is 0 Å². The van der Waals surface area contributed by atoms with Gasteiger partial charge in [-0.3, -0.25) is 0 Å². The van der Waals surface area contributed by atoms with Crippen LogP contribution < -0.4 is 0 Å². The quantitative estimate of drug-likeness (QED) is 0.563. The monoisotopic (exact) mass is 399 g/mol. The minimum atomic E-state index is -0.663. The summed E-state index contributed by atoms with van der Waals surface area (Å²) in [5.41, 5.74) is 2.06. The van der Waals surface area contributed by atoms with Gasteiger partial charge in [-0.2, -0.15) is 0 Å². The van der Waals surface area contributed by atoms with Gasteiger partial charge in [0.05, 0.1) is 0 Å². The van der Waals surface area contributed by atoms with Gasteiger partial charge in [0.2, 0.25) is 0 Å². The second-order valence-corrected chi connectivity index (χ2v) is 16.1. The number of nitrogens with zero attached hydrogens (tertiary/aromatic N) is 1. The van der Waals surface area contributed by atoms with Crippen LogP contribution in [-0.2, 0) is 6.42 Å². The molecule has 0 aliphatic heterocycles. The SMILES string of the molecule is CI(I)CCc1ccccc1C#N. The summed E-state index contributed by atoms with van der Waals surface area (Å²) in [5.74, 6) is 0. The van der Waals surface area contributed by atoms with Crippen LogP contribution in [0.2, 0.25) is 0 Å². The molecule has 1 aromatic carbocycles. The van der Waals surface area contributed by atoms with Crippen LogP contribution >= 0.6 is 34.5 Å². The Hall–Kier alpha value is 0.170. The van der Waals surface area contributed by atoms with Crippen molar-refractivity contribution in [3.05, 3.63) is 35.4 Å². The molecule has 0 aromatic heterocycles. The van der Waals surface area contributed by atoms with E-state index in [1.54, 1.807) is 0 Å². The number of rotatable bonds is 3. The summed E-state index contributed by atoms with van der Waals surface area (Å²) in [6, 6.07) is 10.1. The molecule has 0 amide bonds. The Labute approximate surface area is 96.1 Å². The molecule has 0 spiro atoms. The van der Waals surface area contributed by atoms with E-state index in [4.69, 9.17) is 5.26 Å². The van der Waals surface area contributed by atoms with Gasteiger partial charge >= 0.3 is 97.0 Å². The summed E-state index contributed by atoms with van der Waals surface area (Å²) < 4.78 is 1.29. The van der Waals surface area contributed by atoms with Crippen LogP contribution in [0, 0.1) is 11.3 Å². The molecule has 0 unspecified atom stereocenters. The van der Waals surface area contributed by atoms with Gasteiger partial charge in [0.1, 0.15) is 0 Å². The zero-order valence-corrected chi connectivity index (χ0v) is 11.7. The van der Waals surface area contributed by atoms with Crippen LogP contribution in [0.4, 0.5) is 0 Å². The zero-order chi connectivity index (χ0) is 9.68. The van der Waals surface area contributed by atoms with Crippen molar-refractivity contribution in [2.75, 3.05) is 9.36 Å². The third kappa shape index (κ3) is 3.81. The second-order valence-electron chi connectivity index (χ2n) is 2.72. The molecule has 0 aliphatic rings. The van der Waals surface area contributed by atoms with E-state index in [9.17, 15) is 0 Å². The number of nitriles is 1. The maximum absolute atomic E-state index is 8.84. The van der Waals surface area contributed by atoms with Crippen LogP contribution in [0.1, 0.15) is 11.1 Å². The molecule has 1 aromatic rings. The molecule has 0 bridgehead atoms. The molecule has 0 N–H and O–H groups in total. The third-order valence-electron chi connectivity index (χ3n) is 1.76. The molecular formula is C10H11I2N. The fourth-order valence-corrected chi connectivity index (χ4v) is 3.77. The van der Waals surface area contributed by atoms with Crippen molar-refractivity contribution in [2.24, 2.45) is 0 Å². The molecule has 0 saturated heterocycles. The van der Waals surface area contributed by atoms with E-state index < -0.39 is 15.8 Å². The van der Waals surface area contributed by atoms with Gasteiger partial charge in [0, 0.05) is 0 Å². The summed E-state index contributed by atoms with van der Waals surface area (Å²) in [7, 11) is 0. The average Bonchev–Trinajstić information content (AvgIpc) is 2.15. The van der Waals surface area contributed by atoms with Crippen molar-refractivity contribution >= 4 is 34.5 Å². The predicted molar refractivity (Wildman–Crippen MR) is 73.7 cm³/mol. The predicted octanol–water partition coefficient (Wildman–Crippen LogP) is 3.59. The first kappa shape index (κ1) is 11.2. The third-order valence-corrected chi connectivity index (χ3v) is 6.52. The van der Waals surface area contributed by atoms with Gasteiger partial charge < -0.3 is 0 Å². The van der Waals surface area contributed by atoms with Crippen LogP contribution in [-0.4, -0.2) is 9.36 Å². The summed E-state index contributed by atoms with van der Waals surface area (Å²) in [6.07, 6.45) is 1.08. The molecule has 70 valence electrons. The van der Waals surface area contributed by atoms with Crippen molar-refractivity contribution in [2.45, 2.75) is 6.42 Å². The Morgan fingerprint density at radius 3 is 2.77 bits per heavy atom. The van der Waals surface area contributed by atoms with Crippen molar-refractivity contribution in [3.63, 3.8) is 0 Å². The Morgan fingerprint density at radius 2 is 2.15 bits per heavy atom. The molecule has 0 radical (unpaired) electrons. The van der Waals surface area contributed by atoms with Crippen LogP contribution in [0.15, 0.2) is 24.3 Å². The summed E-state index contributed by atoms with van der Waals surface area (Å²) in [5, 5.41) is 8.84. The number of benzene rings is 1. The number of halogens is 2. The first-order valence-electron chi connectivity index (χ1n) is 3.94. The summed E-state index contributed by atoms with van der Waals surface area (Å²) >= 11 is 1.90. The Kier molecular flexibility index (Phi) is 5.02. The first-order valence-corrected chi connectivity index (χ1v) is 13.9. The molecule has 13 heavy (non-hydrogen) atoms. The maximum atomic E-state index is 8.84. The van der Waals surface area contributed by atoms with E-state index >= 15 is 0 Å². The number of aryl methyl sites for hydroxylation is 1. The second kappa shape index (κ2) is 5.81. The molecule has 1 nitrogen and oxygen atoms in total. The molecule has 0 aliphatic carbocycles. The number of hydrogen-bond acceptors (Lipinski definition) is 1. The minimum absolute atomic E-state index is 0.663. The standard InChI is InChI=1S/C10H11I2N/c1-12(11)7-6-9-4-2-3-5-10(9)8-13/h2-5H,6-7H2,1H3. The molecule has 0 heterocycles. The first-order chi connectivity index (χ1) is 6.24. The van der Waals surface area contributed by atoms with Crippen molar-refractivity contribution < 1.29 is 0 Å². The van der Waals surface area contributed by atoms with E-state index in [1.165, 1.54) is 9.99 Å².